The minimum atomic E-state index is -0.196. The molecule has 3 heterocycles. The van der Waals surface area contributed by atoms with Crippen molar-refractivity contribution in [2.24, 2.45) is 0 Å². The van der Waals surface area contributed by atoms with E-state index in [0.29, 0.717) is 5.69 Å². The number of aromatic nitrogens is 4. The number of fused-ring (bicyclic) bond motifs is 1. The van der Waals surface area contributed by atoms with E-state index >= 15 is 0 Å². The van der Waals surface area contributed by atoms with Gasteiger partial charge in [-0.15, -0.1) is 0 Å². The van der Waals surface area contributed by atoms with E-state index in [4.69, 9.17) is 0 Å². The lowest BCUT2D eigenvalue weighted by atomic mass is 10.1. The summed E-state index contributed by atoms with van der Waals surface area (Å²) in [6.07, 6.45) is 3.59. The van der Waals surface area contributed by atoms with E-state index in [1.807, 2.05) is 72.4 Å². The number of amides is 1. The van der Waals surface area contributed by atoms with Crippen LogP contribution in [0.2, 0.25) is 0 Å². The van der Waals surface area contributed by atoms with Gasteiger partial charge in [0.2, 0.25) is 0 Å². The summed E-state index contributed by atoms with van der Waals surface area (Å²) in [5.41, 5.74) is 6.39. The fraction of sp³-hybridized carbons (Fsp3) is 0.227. The average molecular weight is 373 g/mol. The molecule has 0 fully saturated rings. The molecule has 0 aliphatic rings. The van der Waals surface area contributed by atoms with Gasteiger partial charge in [-0.05, 0) is 51.5 Å². The van der Waals surface area contributed by atoms with Gasteiger partial charge in [-0.25, -0.2) is 9.67 Å². The summed E-state index contributed by atoms with van der Waals surface area (Å²) in [6, 6.07) is 13.7. The van der Waals surface area contributed by atoms with E-state index < -0.39 is 0 Å². The van der Waals surface area contributed by atoms with Gasteiger partial charge in [0, 0.05) is 23.1 Å². The number of imidazole rings is 1. The van der Waals surface area contributed by atoms with Gasteiger partial charge in [0.1, 0.15) is 11.3 Å². The van der Waals surface area contributed by atoms with Crippen molar-refractivity contribution in [3.8, 4) is 5.69 Å². The molecule has 0 aliphatic carbocycles. The monoisotopic (exact) mass is 373 g/mol. The second kappa shape index (κ2) is 6.96. The second-order valence-corrected chi connectivity index (χ2v) is 7.10. The van der Waals surface area contributed by atoms with Crippen LogP contribution >= 0.6 is 0 Å². The van der Waals surface area contributed by atoms with Crippen molar-refractivity contribution in [2.75, 3.05) is 0 Å². The first kappa shape index (κ1) is 18.0. The molecule has 3 aromatic heterocycles. The van der Waals surface area contributed by atoms with Gasteiger partial charge in [-0.2, -0.15) is 5.10 Å². The highest BCUT2D eigenvalue weighted by atomic mass is 16.2. The summed E-state index contributed by atoms with van der Waals surface area (Å²) in [5.74, 6) is -0.196. The third-order valence-corrected chi connectivity index (χ3v) is 5.13. The number of benzene rings is 1. The molecule has 0 radical (unpaired) electrons. The Bertz CT molecular complexity index is 1170. The Morgan fingerprint density at radius 3 is 2.61 bits per heavy atom. The third kappa shape index (κ3) is 3.07. The number of carbonyl (C=O) groups excluding carboxylic acids is 1. The van der Waals surface area contributed by atoms with Gasteiger partial charge < -0.3 is 9.72 Å². The molecule has 1 N–H and O–H groups in total. The van der Waals surface area contributed by atoms with Gasteiger partial charge in [0.05, 0.1) is 17.9 Å². The summed E-state index contributed by atoms with van der Waals surface area (Å²) in [6.45, 7) is 8.03. The van der Waals surface area contributed by atoms with Crippen LogP contribution in [0.3, 0.4) is 0 Å². The molecule has 0 spiro atoms. The molecule has 1 atom stereocenters. The lowest BCUT2D eigenvalue weighted by Crippen LogP contribution is -2.27. The van der Waals surface area contributed by atoms with Gasteiger partial charge in [-0.3, -0.25) is 4.79 Å². The van der Waals surface area contributed by atoms with Crippen LogP contribution in [0.1, 0.15) is 46.0 Å². The second-order valence-electron chi connectivity index (χ2n) is 7.10. The molecule has 0 saturated carbocycles. The average Bonchev–Trinajstić information content (AvgIpc) is 3.27. The smallest absolute Gasteiger partial charge is 0.271 e. The molecular weight excluding hydrogens is 350 g/mol. The quantitative estimate of drug-likeness (QED) is 0.589. The zero-order chi connectivity index (χ0) is 19.8. The van der Waals surface area contributed by atoms with Crippen molar-refractivity contribution >= 4 is 11.6 Å². The van der Waals surface area contributed by atoms with Gasteiger partial charge in [0.25, 0.3) is 5.91 Å². The zero-order valence-electron chi connectivity index (χ0n) is 16.5. The predicted molar refractivity (Wildman–Crippen MR) is 109 cm³/mol. The van der Waals surface area contributed by atoms with Crippen LogP contribution in [0.15, 0.2) is 54.9 Å². The molecule has 0 saturated heterocycles. The van der Waals surface area contributed by atoms with Crippen LogP contribution in [0.25, 0.3) is 11.3 Å². The molecule has 6 nitrogen and oxygen atoms in total. The summed E-state index contributed by atoms with van der Waals surface area (Å²) in [7, 11) is 0. The predicted octanol–water partition coefficient (Wildman–Crippen LogP) is 3.94. The van der Waals surface area contributed by atoms with Crippen LogP contribution in [0.5, 0.6) is 0 Å². The van der Waals surface area contributed by atoms with Crippen LogP contribution in [-0.4, -0.2) is 25.1 Å². The van der Waals surface area contributed by atoms with Gasteiger partial charge >= 0.3 is 0 Å². The highest BCUT2D eigenvalue weighted by Gasteiger charge is 2.19. The van der Waals surface area contributed by atoms with Crippen molar-refractivity contribution in [1.82, 2.24) is 24.5 Å². The molecule has 4 rings (SSSR count). The molecule has 4 aromatic rings. The number of carbonyl (C=O) groups is 1. The molecule has 142 valence electrons. The topological polar surface area (TPSA) is 64.2 Å². The van der Waals surface area contributed by atoms with E-state index in [1.54, 1.807) is 6.20 Å². The number of para-hydroxylation sites is 1. The number of aryl methyl sites for hydroxylation is 2. The fourth-order valence-electron chi connectivity index (χ4n) is 3.50. The minimum Gasteiger partial charge on any atom is -0.344 e. The number of hydrogen-bond acceptors (Lipinski definition) is 3. The lowest BCUT2D eigenvalue weighted by Gasteiger charge is -2.14. The number of hydrogen-bond donors (Lipinski definition) is 1. The maximum Gasteiger partial charge on any atom is 0.271 e. The number of rotatable bonds is 4. The van der Waals surface area contributed by atoms with Crippen LogP contribution < -0.4 is 5.32 Å². The molecule has 6 heteroatoms. The van der Waals surface area contributed by atoms with Crippen molar-refractivity contribution in [2.45, 2.75) is 33.7 Å². The first-order valence-corrected chi connectivity index (χ1v) is 9.32. The molecule has 0 aliphatic heterocycles. The van der Waals surface area contributed by atoms with Gasteiger partial charge in [0.15, 0.2) is 0 Å². The molecule has 0 unspecified atom stereocenters. The molecule has 1 amide bonds. The Kier molecular flexibility index (Phi) is 4.47. The van der Waals surface area contributed by atoms with E-state index in [-0.39, 0.29) is 11.9 Å². The maximum atomic E-state index is 12.7. The fourth-order valence-corrected chi connectivity index (χ4v) is 3.50. The van der Waals surface area contributed by atoms with Crippen LogP contribution in [0.4, 0.5) is 0 Å². The summed E-state index contributed by atoms with van der Waals surface area (Å²) >= 11 is 0. The normalized spacial score (nSPS) is 12.3. The zero-order valence-corrected chi connectivity index (χ0v) is 16.5. The Balaban J connectivity index is 1.58. The molecule has 1 aromatic carbocycles. The van der Waals surface area contributed by atoms with Gasteiger partial charge in [-0.1, -0.05) is 24.3 Å². The Labute approximate surface area is 163 Å². The van der Waals surface area contributed by atoms with Crippen molar-refractivity contribution in [3.05, 3.63) is 83.1 Å². The molecule has 0 bridgehead atoms. The van der Waals surface area contributed by atoms with Crippen LogP contribution in [-0.2, 0) is 0 Å². The molecule has 28 heavy (non-hydrogen) atoms. The highest BCUT2D eigenvalue weighted by Crippen LogP contribution is 2.22. The van der Waals surface area contributed by atoms with E-state index in [9.17, 15) is 4.79 Å². The largest absolute Gasteiger partial charge is 0.344 e. The Morgan fingerprint density at radius 1 is 1.07 bits per heavy atom. The Morgan fingerprint density at radius 2 is 1.86 bits per heavy atom. The maximum absolute atomic E-state index is 12.7. The minimum absolute atomic E-state index is 0.184. The van der Waals surface area contributed by atoms with E-state index in [0.717, 1.165) is 33.8 Å². The SMILES string of the molecule is Cc1ccccc1-n1ncc([C@@H](C)NC(=O)c2cn3c(C)cccc3n2)c1C. The standard InChI is InChI=1S/C22H23N5O/c1-14-8-5-6-10-20(14)27-17(4)18(12-23-27)16(3)24-22(28)19-13-26-15(2)9-7-11-21(26)25-19/h5-13,16H,1-4H3,(H,24,28)/t16-/m1/s1. The Hall–Kier alpha value is -3.41. The number of nitrogens with one attached hydrogen (secondary N) is 1. The summed E-state index contributed by atoms with van der Waals surface area (Å²) < 4.78 is 3.84. The third-order valence-electron chi connectivity index (χ3n) is 5.13. The highest BCUT2D eigenvalue weighted by molar-refractivity contribution is 5.93. The van der Waals surface area contributed by atoms with Crippen LogP contribution in [0, 0.1) is 20.8 Å². The molecular formula is C22H23N5O. The van der Waals surface area contributed by atoms with Crippen molar-refractivity contribution in [3.63, 3.8) is 0 Å². The summed E-state index contributed by atoms with van der Waals surface area (Å²) in [5, 5.41) is 7.58. The first-order valence-electron chi connectivity index (χ1n) is 9.32. The van der Waals surface area contributed by atoms with E-state index in [2.05, 4.69) is 28.4 Å². The van der Waals surface area contributed by atoms with Crippen molar-refractivity contribution in [1.29, 1.82) is 0 Å². The first-order chi connectivity index (χ1) is 13.5. The lowest BCUT2D eigenvalue weighted by molar-refractivity contribution is 0.0935. The number of nitrogens with zero attached hydrogens (tertiary/aromatic N) is 4. The van der Waals surface area contributed by atoms with E-state index in [1.165, 1.54) is 0 Å². The van der Waals surface area contributed by atoms with Crippen molar-refractivity contribution < 1.29 is 4.79 Å². The summed E-state index contributed by atoms with van der Waals surface area (Å²) in [4.78, 5) is 17.2. The number of pyridine rings is 1.